The number of nitrogens with two attached hydrogens (primary N) is 1. The number of ketones is 1. The molecule has 1 aliphatic heterocycles. The molecule has 0 unspecified atom stereocenters. The lowest BCUT2D eigenvalue weighted by Crippen LogP contribution is -2.39. The number of nitrogens with one attached hydrogen (secondary N) is 1. The second-order valence-electron chi connectivity index (χ2n) is 6.40. The Morgan fingerprint density at radius 1 is 1.41 bits per heavy atom. The van der Waals surface area contributed by atoms with E-state index in [0.29, 0.717) is 35.7 Å². The van der Waals surface area contributed by atoms with Gasteiger partial charge >= 0.3 is 0 Å². The molecule has 2 aliphatic rings. The third-order valence-corrected chi connectivity index (χ3v) is 4.95. The van der Waals surface area contributed by atoms with Gasteiger partial charge in [0.15, 0.2) is 5.78 Å². The van der Waals surface area contributed by atoms with Crippen molar-refractivity contribution in [2.45, 2.75) is 25.2 Å². The van der Waals surface area contributed by atoms with Crippen LogP contribution in [-0.2, 0) is 4.79 Å². The number of nitrogens with zero attached hydrogens (tertiary/aromatic N) is 4. The van der Waals surface area contributed by atoms with Gasteiger partial charge in [-0.2, -0.15) is 15.3 Å². The predicted octanol–water partition coefficient (Wildman–Crippen LogP) is 2.12. The average Bonchev–Trinajstić information content (AvgIpc) is 3.21. The van der Waals surface area contributed by atoms with Crippen molar-refractivity contribution in [3.05, 3.63) is 58.8 Å². The number of H-pyrrole nitrogens is 1. The van der Waals surface area contributed by atoms with Gasteiger partial charge in [0.1, 0.15) is 17.9 Å². The highest BCUT2D eigenvalue weighted by Gasteiger charge is 2.41. The summed E-state index contributed by atoms with van der Waals surface area (Å²) in [7, 11) is 1.58. The third kappa shape index (κ3) is 2.64. The summed E-state index contributed by atoms with van der Waals surface area (Å²) in [6, 6.07) is 9.60. The molecular formula is C19H18N6O2. The fraction of sp³-hybridized carbons (Fsp3) is 0.263. The summed E-state index contributed by atoms with van der Waals surface area (Å²) in [5, 5.41) is 16.5. The van der Waals surface area contributed by atoms with E-state index in [9.17, 15) is 10.1 Å². The molecule has 0 amide bonds. The lowest BCUT2D eigenvalue weighted by atomic mass is 9.75. The van der Waals surface area contributed by atoms with Gasteiger partial charge in [-0.05, 0) is 30.5 Å². The smallest absolute Gasteiger partial charge is 0.231 e. The number of nitriles is 1. The van der Waals surface area contributed by atoms with Gasteiger partial charge in [-0.1, -0.05) is 12.1 Å². The van der Waals surface area contributed by atoms with Gasteiger partial charge in [-0.15, -0.1) is 0 Å². The Balaban J connectivity index is 1.96. The fourth-order valence-electron chi connectivity index (χ4n) is 3.79. The van der Waals surface area contributed by atoms with Gasteiger partial charge in [0.05, 0.1) is 24.7 Å². The van der Waals surface area contributed by atoms with Crippen LogP contribution in [0.1, 0.15) is 30.7 Å². The molecule has 1 aromatic heterocycles. The molecule has 0 saturated heterocycles. The van der Waals surface area contributed by atoms with E-state index in [4.69, 9.17) is 10.5 Å². The van der Waals surface area contributed by atoms with Gasteiger partial charge in [0.25, 0.3) is 0 Å². The molecule has 8 nitrogen and oxygen atoms in total. The summed E-state index contributed by atoms with van der Waals surface area (Å²) < 4.78 is 5.32. The lowest BCUT2D eigenvalue weighted by molar-refractivity contribution is -0.116. The standard InChI is InChI=1S/C19H18N6O2/c1-27-12-5-2-4-11(8-12)16-13(9-20)18(21)25(19-22-10-23-24-19)14-6-3-7-15(26)17(14)16/h2,4-5,8,10,16H,3,6-7,21H2,1H3,(H,22,23,24)/t16-/m1/s1. The van der Waals surface area contributed by atoms with Gasteiger partial charge in [-0.25, -0.2) is 5.10 Å². The van der Waals surface area contributed by atoms with E-state index in [0.717, 1.165) is 17.7 Å². The number of rotatable bonds is 3. The van der Waals surface area contributed by atoms with Crippen LogP contribution in [0.5, 0.6) is 5.75 Å². The molecule has 0 bridgehead atoms. The van der Waals surface area contributed by atoms with E-state index in [-0.39, 0.29) is 11.6 Å². The molecule has 0 radical (unpaired) electrons. The molecule has 8 heteroatoms. The van der Waals surface area contributed by atoms with E-state index in [1.807, 2.05) is 24.3 Å². The number of ether oxygens (including phenoxy) is 1. The average molecular weight is 362 g/mol. The molecule has 0 spiro atoms. The number of hydrogen-bond donors (Lipinski definition) is 2. The van der Waals surface area contributed by atoms with E-state index in [1.165, 1.54) is 6.33 Å². The van der Waals surface area contributed by atoms with Crippen LogP contribution in [-0.4, -0.2) is 28.1 Å². The lowest BCUT2D eigenvalue weighted by Gasteiger charge is -2.38. The molecule has 4 rings (SSSR count). The molecule has 1 aliphatic carbocycles. The molecule has 136 valence electrons. The van der Waals surface area contributed by atoms with Crippen LogP contribution >= 0.6 is 0 Å². The van der Waals surface area contributed by atoms with Crippen molar-refractivity contribution < 1.29 is 9.53 Å². The van der Waals surface area contributed by atoms with Crippen LogP contribution in [0.2, 0.25) is 0 Å². The van der Waals surface area contributed by atoms with E-state index in [1.54, 1.807) is 12.0 Å². The topological polar surface area (TPSA) is 121 Å². The van der Waals surface area contributed by atoms with Crippen LogP contribution in [0.25, 0.3) is 0 Å². The Bertz CT molecular complexity index is 999. The number of allylic oxidation sites excluding steroid dienone is 3. The summed E-state index contributed by atoms with van der Waals surface area (Å²) in [4.78, 5) is 18.7. The maximum atomic E-state index is 12.9. The van der Waals surface area contributed by atoms with Crippen LogP contribution in [0.15, 0.2) is 53.3 Å². The largest absolute Gasteiger partial charge is 0.497 e. The normalized spacial score (nSPS) is 19.8. The molecule has 0 fully saturated rings. The predicted molar refractivity (Wildman–Crippen MR) is 97.3 cm³/mol. The SMILES string of the molecule is COc1cccc([C@@H]2C(C#N)=C(N)N(c3ncn[nH]3)C3=C2C(=O)CCC3)c1. The van der Waals surface area contributed by atoms with E-state index < -0.39 is 5.92 Å². The molecule has 0 saturated carbocycles. The Labute approximate surface area is 155 Å². The number of benzene rings is 1. The highest BCUT2D eigenvalue weighted by Crippen LogP contribution is 2.45. The number of hydrogen-bond acceptors (Lipinski definition) is 7. The zero-order valence-corrected chi connectivity index (χ0v) is 14.8. The maximum absolute atomic E-state index is 12.9. The number of carbonyl (C=O) groups excluding carboxylic acids is 1. The Kier molecular flexibility index (Phi) is 4.12. The quantitative estimate of drug-likeness (QED) is 0.857. The summed E-state index contributed by atoms with van der Waals surface area (Å²) in [5.41, 5.74) is 8.87. The summed E-state index contributed by atoms with van der Waals surface area (Å²) >= 11 is 0. The van der Waals surface area contributed by atoms with Gasteiger partial charge in [0, 0.05) is 17.7 Å². The first kappa shape index (κ1) is 16.8. The second-order valence-corrected chi connectivity index (χ2v) is 6.40. The number of aromatic amines is 1. The molecule has 1 aromatic carbocycles. The molecule has 27 heavy (non-hydrogen) atoms. The highest BCUT2D eigenvalue weighted by atomic mass is 16.5. The Morgan fingerprint density at radius 2 is 2.26 bits per heavy atom. The Morgan fingerprint density at radius 3 is 2.96 bits per heavy atom. The summed E-state index contributed by atoms with van der Waals surface area (Å²) in [5.74, 6) is 0.814. The molecule has 2 heterocycles. The van der Waals surface area contributed by atoms with Crippen molar-refractivity contribution in [3.63, 3.8) is 0 Å². The zero-order chi connectivity index (χ0) is 19.0. The summed E-state index contributed by atoms with van der Waals surface area (Å²) in [6.45, 7) is 0. The first-order chi connectivity index (χ1) is 13.2. The third-order valence-electron chi connectivity index (χ3n) is 4.95. The second kappa shape index (κ2) is 6.61. The van der Waals surface area contributed by atoms with Crippen molar-refractivity contribution in [2.75, 3.05) is 12.0 Å². The molecule has 2 aromatic rings. The minimum absolute atomic E-state index is 0.0221. The minimum Gasteiger partial charge on any atom is -0.497 e. The van der Waals surface area contributed by atoms with Crippen LogP contribution in [0, 0.1) is 11.3 Å². The van der Waals surface area contributed by atoms with Crippen LogP contribution in [0.4, 0.5) is 5.95 Å². The number of anilines is 1. The van der Waals surface area contributed by atoms with Crippen molar-refractivity contribution in [2.24, 2.45) is 5.73 Å². The van der Waals surface area contributed by atoms with Crippen molar-refractivity contribution in [1.82, 2.24) is 15.2 Å². The molecular weight excluding hydrogens is 344 g/mol. The number of Topliss-reactive ketones (excluding diaryl/α,β-unsaturated/α-hetero) is 1. The van der Waals surface area contributed by atoms with Gasteiger partial charge in [0.2, 0.25) is 5.95 Å². The zero-order valence-electron chi connectivity index (χ0n) is 14.8. The van der Waals surface area contributed by atoms with Crippen molar-refractivity contribution in [1.29, 1.82) is 5.26 Å². The van der Waals surface area contributed by atoms with E-state index in [2.05, 4.69) is 21.3 Å². The maximum Gasteiger partial charge on any atom is 0.231 e. The fourth-order valence-corrected chi connectivity index (χ4v) is 3.79. The number of aromatic nitrogens is 3. The molecule has 1 atom stereocenters. The Hall–Kier alpha value is -3.60. The number of methoxy groups -OCH3 is 1. The summed E-state index contributed by atoms with van der Waals surface area (Å²) in [6.07, 6.45) is 3.21. The van der Waals surface area contributed by atoms with E-state index >= 15 is 0 Å². The van der Waals surface area contributed by atoms with Gasteiger partial charge < -0.3 is 10.5 Å². The molecule has 3 N–H and O–H groups in total. The first-order valence-electron chi connectivity index (χ1n) is 8.61. The van der Waals surface area contributed by atoms with Crippen molar-refractivity contribution >= 4 is 11.7 Å². The minimum atomic E-state index is -0.521. The monoisotopic (exact) mass is 362 g/mol. The first-order valence-corrected chi connectivity index (χ1v) is 8.61. The van der Waals surface area contributed by atoms with Crippen LogP contribution < -0.4 is 15.4 Å². The highest BCUT2D eigenvalue weighted by molar-refractivity contribution is 6.01. The van der Waals surface area contributed by atoms with Gasteiger partial charge in [-0.3, -0.25) is 9.69 Å². The number of carbonyl (C=O) groups is 1. The van der Waals surface area contributed by atoms with Crippen molar-refractivity contribution in [3.8, 4) is 11.8 Å². The van der Waals surface area contributed by atoms with Crippen LogP contribution in [0.3, 0.4) is 0 Å².